The number of hydrogen-bond donors (Lipinski definition) is 4. The molecule has 40 heavy (non-hydrogen) atoms. The highest BCUT2D eigenvalue weighted by atomic mass is 16.6. The highest BCUT2D eigenvalue weighted by Crippen LogP contribution is 2.22. The van der Waals surface area contributed by atoms with Gasteiger partial charge in [-0.15, -0.1) is 0 Å². The van der Waals surface area contributed by atoms with Crippen LogP contribution in [0.1, 0.15) is 114 Å². The van der Waals surface area contributed by atoms with Crippen LogP contribution in [0.5, 0.6) is 0 Å². The molecule has 230 valence electrons. The first-order valence-electron chi connectivity index (χ1n) is 14.3. The van der Waals surface area contributed by atoms with Crippen LogP contribution in [0.25, 0.3) is 0 Å². The molecule has 0 aliphatic rings. The van der Waals surface area contributed by atoms with Crippen molar-refractivity contribution in [3.8, 4) is 0 Å². The molecular formula is C31H55N3O6. The zero-order chi connectivity index (χ0) is 31.1. The van der Waals surface area contributed by atoms with Crippen molar-refractivity contribution in [2.24, 2.45) is 11.5 Å². The number of esters is 1. The minimum absolute atomic E-state index is 0.211. The number of alkyl carbamates (subject to hydrolysis) is 1. The molecule has 0 unspecified atom stereocenters. The van der Waals surface area contributed by atoms with Crippen LogP contribution in [-0.4, -0.2) is 52.5 Å². The van der Waals surface area contributed by atoms with Crippen molar-refractivity contribution in [1.29, 1.82) is 0 Å². The van der Waals surface area contributed by atoms with E-state index in [0.29, 0.717) is 19.3 Å². The molecular weight excluding hydrogens is 510 g/mol. The highest BCUT2D eigenvalue weighted by molar-refractivity contribution is 5.86. The van der Waals surface area contributed by atoms with Crippen molar-refractivity contribution in [1.82, 2.24) is 5.32 Å². The highest BCUT2D eigenvalue weighted by Gasteiger charge is 2.45. The second-order valence-corrected chi connectivity index (χ2v) is 12.1. The van der Waals surface area contributed by atoms with Crippen LogP contribution in [0, 0.1) is 0 Å². The number of aliphatic hydroxyl groups is 1. The molecule has 9 nitrogen and oxygen atoms in total. The Morgan fingerprint density at radius 3 is 1.90 bits per heavy atom. The zero-order valence-corrected chi connectivity index (χ0v) is 26.3. The second-order valence-electron chi connectivity index (χ2n) is 12.1. The molecule has 0 saturated carbocycles. The van der Waals surface area contributed by atoms with Crippen molar-refractivity contribution >= 4 is 18.0 Å². The number of nitrogens with one attached hydrogen (secondary N) is 1. The molecule has 0 fully saturated rings. The first-order valence-corrected chi connectivity index (χ1v) is 14.3. The molecule has 0 aliphatic heterocycles. The zero-order valence-electron chi connectivity index (χ0n) is 26.3. The molecule has 2 amide bonds. The molecule has 0 aliphatic carbocycles. The minimum Gasteiger partial charge on any atom is -0.451 e. The van der Waals surface area contributed by atoms with Crippen molar-refractivity contribution in [2.75, 3.05) is 0 Å². The third kappa shape index (κ3) is 15.8. The Labute approximate surface area is 241 Å². The van der Waals surface area contributed by atoms with E-state index in [1.54, 1.807) is 20.8 Å². The third-order valence-corrected chi connectivity index (χ3v) is 6.45. The maximum atomic E-state index is 13.1. The molecule has 0 saturated heterocycles. The number of primary amides is 1. The Kier molecular flexibility index (Phi) is 16.7. The lowest BCUT2D eigenvalue weighted by atomic mass is 9.85. The molecule has 0 bridgehead atoms. The van der Waals surface area contributed by atoms with Crippen molar-refractivity contribution in [3.63, 3.8) is 0 Å². The molecule has 4 atom stereocenters. The summed E-state index contributed by atoms with van der Waals surface area (Å²) in [5.74, 6) is -1.82. The summed E-state index contributed by atoms with van der Waals surface area (Å²) >= 11 is 0. The molecule has 0 aromatic rings. The van der Waals surface area contributed by atoms with Crippen LogP contribution < -0.4 is 16.8 Å². The number of nitrogens with two attached hydrogens (primary N) is 2. The van der Waals surface area contributed by atoms with E-state index in [4.69, 9.17) is 20.9 Å². The van der Waals surface area contributed by atoms with Crippen LogP contribution in [-0.2, 0) is 19.1 Å². The molecule has 9 heteroatoms. The molecule has 0 spiro atoms. The van der Waals surface area contributed by atoms with Gasteiger partial charge in [0.25, 0.3) is 5.91 Å². The van der Waals surface area contributed by atoms with Crippen molar-refractivity contribution in [2.45, 2.75) is 143 Å². The quantitative estimate of drug-likeness (QED) is 0.137. The fourth-order valence-electron chi connectivity index (χ4n) is 3.95. The normalized spacial score (nSPS) is 16.3. The number of carbonyl (C=O) groups excluding carboxylic acids is 3. The summed E-state index contributed by atoms with van der Waals surface area (Å²) < 4.78 is 10.6. The van der Waals surface area contributed by atoms with E-state index >= 15 is 0 Å². The van der Waals surface area contributed by atoms with Crippen LogP contribution >= 0.6 is 0 Å². The molecule has 0 aromatic heterocycles. The molecule has 0 radical (unpaired) electrons. The van der Waals surface area contributed by atoms with Crippen LogP contribution in [0.2, 0.25) is 0 Å². The van der Waals surface area contributed by atoms with Gasteiger partial charge in [-0.1, -0.05) is 48.3 Å². The predicted molar refractivity (Wildman–Crippen MR) is 160 cm³/mol. The first kappa shape index (κ1) is 37.4. The van der Waals surface area contributed by atoms with Crippen LogP contribution in [0.3, 0.4) is 0 Å². The maximum absolute atomic E-state index is 13.1. The smallest absolute Gasteiger partial charge is 0.408 e. The predicted octanol–water partition coefficient (Wildman–Crippen LogP) is 5.35. The number of ether oxygens (including phenoxy) is 2. The Balaban J connectivity index is 5.40. The van der Waals surface area contributed by atoms with E-state index in [1.807, 2.05) is 6.92 Å². The Morgan fingerprint density at radius 1 is 0.900 bits per heavy atom. The second kappa shape index (κ2) is 17.9. The lowest BCUT2D eigenvalue weighted by Crippen LogP contribution is -2.64. The van der Waals surface area contributed by atoms with Crippen LogP contribution in [0.15, 0.2) is 34.9 Å². The van der Waals surface area contributed by atoms with E-state index < -0.39 is 47.4 Å². The Morgan fingerprint density at radius 2 is 1.43 bits per heavy atom. The van der Waals surface area contributed by atoms with E-state index in [0.717, 1.165) is 25.7 Å². The van der Waals surface area contributed by atoms with Gasteiger partial charge in [0.2, 0.25) is 0 Å². The standard InChI is InChI=1S/C31H55N3O6/c1-10-14-24(27(33)35)39-28(36)26(34-29(37)40-30(6,7)8)31(9,38)25(32)20-13-19-23(5)18-12-17-22(4)16-11-15-21(2)3/h15,17,19,24-26,38H,10-14,16,18,20,32H2,1-9H3,(H2,33,35)(H,34,37)/b22-17+,23-19+/t24-,25-,26+,31-/m0/s1. The fraction of sp³-hybridized carbons (Fsp3) is 0.710. The topological polar surface area (TPSA) is 154 Å². The van der Waals surface area contributed by atoms with Crippen molar-refractivity contribution < 1.29 is 29.0 Å². The van der Waals surface area contributed by atoms with Gasteiger partial charge in [-0.05, 0) is 100 Å². The van der Waals surface area contributed by atoms with Gasteiger partial charge in [0.05, 0.1) is 0 Å². The van der Waals surface area contributed by atoms with E-state index in [-0.39, 0.29) is 6.42 Å². The average Bonchev–Trinajstić information content (AvgIpc) is 2.80. The molecule has 0 rings (SSSR count). The van der Waals surface area contributed by atoms with Gasteiger partial charge in [0, 0.05) is 6.04 Å². The summed E-state index contributed by atoms with van der Waals surface area (Å²) in [5.41, 5.74) is 12.9. The number of rotatable bonds is 17. The van der Waals surface area contributed by atoms with Gasteiger partial charge in [0.15, 0.2) is 12.1 Å². The van der Waals surface area contributed by atoms with E-state index in [9.17, 15) is 19.5 Å². The SMILES string of the molecule is CCC[C@H](OC(=O)[C@@H](NC(=O)OC(C)(C)C)[C@@](C)(O)[C@@H](N)CC/C=C(\C)CC/C=C(\C)CCC=C(C)C)C(N)=O. The summed E-state index contributed by atoms with van der Waals surface area (Å²) in [6, 6.07) is -2.49. The number of amides is 2. The monoisotopic (exact) mass is 565 g/mol. The van der Waals surface area contributed by atoms with E-state index in [2.05, 4.69) is 51.2 Å². The maximum Gasteiger partial charge on any atom is 0.408 e. The van der Waals surface area contributed by atoms with Gasteiger partial charge in [-0.25, -0.2) is 9.59 Å². The average molecular weight is 566 g/mol. The molecule has 6 N–H and O–H groups in total. The summed E-state index contributed by atoms with van der Waals surface area (Å²) in [6.45, 7) is 16.6. The molecule has 0 heterocycles. The largest absolute Gasteiger partial charge is 0.451 e. The van der Waals surface area contributed by atoms with Gasteiger partial charge >= 0.3 is 12.1 Å². The number of carbonyl (C=O) groups is 3. The lowest BCUT2D eigenvalue weighted by Gasteiger charge is -2.37. The van der Waals surface area contributed by atoms with Gasteiger partial charge < -0.3 is 31.4 Å². The number of allylic oxidation sites excluding steroid dienone is 6. The number of hydrogen-bond acceptors (Lipinski definition) is 7. The summed E-state index contributed by atoms with van der Waals surface area (Å²) in [5, 5.41) is 13.8. The Bertz CT molecular complexity index is 911. The minimum atomic E-state index is -1.91. The first-order chi connectivity index (χ1) is 18.4. The van der Waals surface area contributed by atoms with E-state index in [1.165, 1.54) is 23.6 Å². The van der Waals surface area contributed by atoms with Gasteiger partial charge in [0.1, 0.15) is 11.2 Å². The Hall–Kier alpha value is -2.65. The van der Waals surface area contributed by atoms with Crippen molar-refractivity contribution in [3.05, 3.63) is 34.9 Å². The fourth-order valence-corrected chi connectivity index (χ4v) is 3.95. The summed E-state index contributed by atoms with van der Waals surface area (Å²) in [7, 11) is 0. The van der Waals surface area contributed by atoms with Crippen LogP contribution in [0.4, 0.5) is 4.79 Å². The summed E-state index contributed by atoms with van der Waals surface area (Å²) in [6.07, 6.45) is 10.1. The van der Waals surface area contributed by atoms with Gasteiger partial charge in [-0.2, -0.15) is 0 Å². The third-order valence-electron chi connectivity index (χ3n) is 6.45. The summed E-state index contributed by atoms with van der Waals surface area (Å²) in [4.78, 5) is 37.4. The van der Waals surface area contributed by atoms with Gasteiger partial charge in [-0.3, -0.25) is 4.79 Å². The lowest BCUT2D eigenvalue weighted by molar-refractivity contribution is -0.164. The molecule has 0 aromatic carbocycles.